The molecule has 0 aliphatic carbocycles. The van der Waals surface area contributed by atoms with E-state index in [1.165, 1.54) is 5.56 Å². The fourth-order valence-corrected chi connectivity index (χ4v) is 2.04. The first-order valence-electron chi connectivity index (χ1n) is 5.70. The summed E-state index contributed by atoms with van der Waals surface area (Å²) in [7, 11) is 0. The summed E-state index contributed by atoms with van der Waals surface area (Å²) < 4.78 is 1.03. The number of pyridine rings is 1. The van der Waals surface area contributed by atoms with E-state index in [-0.39, 0.29) is 0 Å². The molecule has 0 aliphatic rings. The zero-order chi connectivity index (χ0) is 13.0. The molecule has 2 nitrogen and oxygen atoms in total. The highest BCUT2D eigenvalue weighted by Gasteiger charge is 2.00. The van der Waals surface area contributed by atoms with Crippen molar-refractivity contribution < 1.29 is 0 Å². The number of hydrogen-bond donors (Lipinski definition) is 1. The predicted molar refractivity (Wildman–Crippen MR) is 80.0 cm³/mol. The Labute approximate surface area is 121 Å². The molecule has 0 aliphatic heterocycles. The average Bonchev–Trinajstić information content (AvgIpc) is 2.40. The molecule has 1 N–H and O–H groups in total. The van der Waals surface area contributed by atoms with E-state index in [0.717, 1.165) is 28.1 Å². The molecule has 18 heavy (non-hydrogen) atoms. The van der Waals surface area contributed by atoms with Gasteiger partial charge in [-0.15, -0.1) is 11.6 Å². The van der Waals surface area contributed by atoms with Gasteiger partial charge in [0.2, 0.25) is 0 Å². The molecular weight excluding hydrogens is 312 g/mol. The third-order valence-corrected chi connectivity index (χ3v) is 3.79. The van der Waals surface area contributed by atoms with Crippen molar-refractivity contribution in [2.75, 3.05) is 5.32 Å². The Hall–Kier alpha value is -1.06. The lowest BCUT2D eigenvalue weighted by molar-refractivity contribution is 1.08. The first-order chi connectivity index (χ1) is 8.69. The summed E-state index contributed by atoms with van der Waals surface area (Å²) in [5.41, 5.74) is 3.32. The molecule has 0 amide bonds. The highest BCUT2D eigenvalue weighted by Crippen LogP contribution is 2.17. The standard InChI is InChI=1S/C14H14BrClN2/c1-10-13(15)5-6-14(18-10)17-9-12-4-2-3-11(7-12)8-16/h2-7H,8-9H2,1H3,(H,17,18). The van der Waals surface area contributed by atoms with Crippen LogP contribution in [0.5, 0.6) is 0 Å². The zero-order valence-electron chi connectivity index (χ0n) is 10.1. The van der Waals surface area contributed by atoms with Crippen molar-refractivity contribution in [3.05, 3.63) is 57.7 Å². The van der Waals surface area contributed by atoms with Crippen molar-refractivity contribution in [2.24, 2.45) is 0 Å². The molecule has 1 heterocycles. The van der Waals surface area contributed by atoms with Gasteiger partial charge >= 0.3 is 0 Å². The Kier molecular flexibility index (Phi) is 4.61. The van der Waals surface area contributed by atoms with E-state index < -0.39 is 0 Å². The van der Waals surface area contributed by atoms with Gasteiger partial charge in [-0.05, 0) is 46.1 Å². The maximum absolute atomic E-state index is 5.82. The van der Waals surface area contributed by atoms with Crippen LogP contribution in [0.1, 0.15) is 16.8 Å². The second-order valence-corrected chi connectivity index (χ2v) is 5.19. The van der Waals surface area contributed by atoms with Crippen molar-refractivity contribution in [3.8, 4) is 0 Å². The summed E-state index contributed by atoms with van der Waals surface area (Å²) in [5, 5.41) is 3.31. The minimum atomic E-state index is 0.545. The molecule has 0 saturated carbocycles. The molecule has 94 valence electrons. The van der Waals surface area contributed by atoms with Crippen molar-refractivity contribution in [3.63, 3.8) is 0 Å². The Morgan fingerprint density at radius 1 is 1.22 bits per heavy atom. The number of nitrogens with zero attached hydrogens (tertiary/aromatic N) is 1. The van der Waals surface area contributed by atoms with E-state index in [2.05, 4.69) is 38.4 Å². The Bertz CT molecular complexity index is 543. The van der Waals surface area contributed by atoms with Crippen LogP contribution in [-0.4, -0.2) is 4.98 Å². The van der Waals surface area contributed by atoms with Gasteiger partial charge in [0.25, 0.3) is 0 Å². The lowest BCUT2D eigenvalue weighted by atomic mass is 10.1. The maximum atomic E-state index is 5.82. The first kappa shape index (κ1) is 13.4. The van der Waals surface area contributed by atoms with Crippen LogP contribution in [0, 0.1) is 6.92 Å². The van der Waals surface area contributed by atoms with Crippen LogP contribution >= 0.6 is 27.5 Å². The van der Waals surface area contributed by atoms with Gasteiger partial charge < -0.3 is 5.32 Å². The smallest absolute Gasteiger partial charge is 0.126 e. The van der Waals surface area contributed by atoms with Crippen LogP contribution in [-0.2, 0) is 12.4 Å². The summed E-state index contributed by atoms with van der Waals surface area (Å²) in [4.78, 5) is 4.45. The molecule has 0 spiro atoms. The van der Waals surface area contributed by atoms with Crippen LogP contribution in [0.25, 0.3) is 0 Å². The fourth-order valence-electron chi connectivity index (χ4n) is 1.66. The number of rotatable bonds is 4. The fraction of sp³-hybridized carbons (Fsp3) is 0.214. The third kappa shape index (κ3) is 3.47. The third-order valence-electron chi connectivity index (χ3n) is 2.64. The van der Waals surface area contributed by atoms with Crippen LogP contribution in [0.4, 0.5) is 5.82 Å². The number of hydrogen-bond acceptors (Lipinski definition) is 2. The lowest BCUT2D eigenvalue weighted by Crippen LogP contribution is -2.02. The Balaban J connectivity index is 2.04. The molecule has 0 bridgehead atoms. The van der Waals surface area contributed by atoms with E-state index in [4.69, 9.17) is 11.6 Å². The molecule has 0 atom stereocenters. The minimum Gasteiger partial charge on any atom is -0.366 e. The van der Waals surface area contributed by atoms with Gasteiger partial charge in [0, 0.05) is 16.9 Å². The molecule has 0 radical (unpaired) electrons. The highest BCUT2D eigenvalue weighted by molar-refractivity contribution is 9.10. The largest absolute Gasteiger partial charge is 0.366 e. The van der Waals surface area contributed by atoms with Gasteiger partial charge in [0.15, 0.2) is 0 Å². The second-order valence-electron chi connectivity index (χ2n) is 4.07. The summed E-state index contributed by atoms with van der Waals surface area (Å²) in [6.45, 7) is 2.72. The Morgan fingerprint density at radius 3 is 2.72 bits per heavy atom. The van der Waals surface area contributed by atoms with Crippen molar-refractivity contribution in [1.82, 2.24) is 4.98 Å². The molecule has 2 rings (SSSR count). The molecule has 4 heteroatoms. The van der Waals surface area contributed by atoms with Gasteiger partial charge in [-0.25, -0.2) is 4.98 Å². The lowest BCUT2D eigenvalue weighted by Gasteiger charge is -2.08. The predicted octanol–water partition coefficient (Wildman–Crippen LogP) is 4.50. The number of halogens is 2. The topological polar surface area (TPSA) is 24.9 Å². The van der Waals surface area contributed by atoms with Crippen LogP contribution < -0.4 is 5.32 Å². The summed E-state index contributed by atoms with van der Waals surface area (Å²) >= 11 is 9.26. The van der Waals surface area contributed by atoms with Crippen LogP contribution in [0.3, 0.4) is 0 Å². The van der Waals surface area contributed by atoms with Gasteiger partial charge in [0.1, 0.15) is 5.82 Å². The molecule has 0 saturated heterocycles. The van der Waals surface area contributed by atoms with Crippen LogP contribution in [0.15, 0.2) is 40.9 Å². The van der Waals surface area contributed by atoms with E-state index in [0.29, 0.717) is 5.88 Å². The molecule has 1 aromatic heterocycles. The normalized spacial score (nSPS) is 10.4. The monoisotopic (exact) mass is 324 g/mol. The van der Waals surface area contributed by atoms with Gasteiger partial charge in [-0.3, -0.25) is 0 Å². The highest BCUT2D eigenvalue weighted by atomic mass is 79.9. The molecule has 1 aromatic carbocycles. The van der Waals surface area contributed by atoms with E-state index in [9.17, 15) is 0 Å². The molecule has 0 unspecified atom stereocenters. The van der Waals surface area contributed by atoms with E-state index >= 15 is 0 Å². The van der Waals surface area contributed by atoms with Gasteiger partial charge in [-0.1, -0.05) is 24.3 Å². The van der Waals surface area contributed by atoms with Crippen molar-refractivity contribution in [2.45, 2.75) is 19.3 Å². The maximum Gasteiger partial charge on any atom is 0.126 e. The van der Waals surface area contributed by atoms with Crippen molar-refractivity contribution >= 4 is 33.3 Å². The summed E-state index contributed by atoms with van der Waals surface area (Å²) in [6, 6.07) is 12.2. The first-order valence-corrected chi connectivity index (χ1v) is 7.02. The van der Waals surface area contributed by atoms with Crippen LogP contribution in [0.2, 0.25) is 0 Å². The summed E-state index contributed by atoms with van der Waals surface area (Å²) in [5.74, 6) is 1.43. The van der Waals surface area contributed by atoms with Gasteiger partial charge in [0.05, 0.1) is 5.69 Å². The van der Waals surface area contributed by atoms with E-state index in [1.54, 1.807) is 0 Å². The molecule has 2 aromatic rings. The molecule has 0 fully saturated rings. The SMILES string of the molecule is Cc1nc(NCc2cccc(CCl)c2)ccc1Br. The average molecular weight is 326 g/mol. The Morgan fingerprint density at radius 2 is 2.00 bits per heavy atom. The number of nitrogens with one attached hydrogen (secondary N) is 1. The van der Waals surface area contributed by atoms with Gasteiger partial charge in [-0.2, -0.15) is 0 Å². The van der Waals surface area contributed by atoms with E-state index in [1.807, 2.05) is 31.2 Å². The number of benzene rings is 1. The number of aromatic nitrogens is 1. The second kappa shape index (κ2) is 6.21. The zero-order valence-corrected chi connectivity index (χ0v) is 12.4. The summed E-state index contributed by atoms with van der Waals surface area (Å²) in [6.07, 6.45) is 0. The molecular formula is C14H14BrClN2. The number of alkyl halides is 1. The number of anilines is 1. The van der Waals surface area contributed by atoms with Crippen molar-refractivity contribution in [1.29, 1.82) is 0 Å². The number of aryl methyl sites for hydroxylation is 1. The quantitative estimate of drug-likeness (QED) is 0.837. The minimum absolute atomic E-state index is 0.545.